The maximum Gasteiger partial charge on any atom is 0.270 e. The van der Waals surface area contributed by atoms with E-state index in [4.69, 9.17) is 0 Å². The van der Waals surface area contributed by atoms with Gasteiger partial charge < -0.3 is 5.32 Å². The van der Waals surface area contributed by atoms with Crippen molar-refractivity contribution in [2.75, 3.05) is 6.54 Å². The fourth-order valence-electron chi connectivity index (χ4n) is 1.61. The highest BCUT2D eigenvalue weighted by atomic mass is 79.9. The van der Waals surface area contributed by atoms with Crippen molar-refractivity contribution in [3.63, 3.8) is 0 Å². The summed E-state index contributed by atoms with van der Waals surface area (Å²) in [6.45, 7) is 4.37. The first kappa shape index (κ1) is 15.6. The smallest absolute Gasteiger partial charge is 0.270 e. The third-order valence-electron chi connectivity index (χ3n) is 2.86. The van der Waals surface area contributed by atoms with E-state index in [0.717, 1.165) is 18.4 Å². The maximum absolute atomic E-state index is 12.0. The Morgan fingerprint density at radius 3 is 2.79 bits per heavy atom. The van der Waals surface area contributed by atoms with Gasteiger partial charge in [0.1, 0.15) is 0 Å². The summed E-state index contributed by atoms with van der Waals surface area (Å²) in [4.78, 5) is 22.5. The third-order valence-corrected chi connectivity index (χ3v) is 3.97. The lowest BCUT2D eigenvalue weighted by atomic mass is 10.1. The third kappa shape index (κ3) is 4.63. The summed E-state index contributed by atoms with van der Waals surface area (Å²) in [5, 5.41) is 13.5. The number of nitro benzene ring substituents is 1. The van der Waals surface area contributed by atoms with Crippen molar-refractivity contribution in [1.82, 2.24) is 5.32 Å². The lowest BCUT2D eigenvalue weighted by molar-refractivity contribution is -0.384. The number of benzene rings is 1. The molecule has 0 radical (unpaired) electrons. The Morgan fingerprint density at radius 2 is 2.21 bits per heavy atom. The van der Waals surface area contributed by atoms with E-state index >= 15 is 0 Å². The number of nitrogens with one attached hydrogen (secondary N) is 1. The highest BCUT2D eigenvalue weighted by Crippen LogP contribution is 2.17. The number of non-ortho nitro benzene ring substituents is 1. The maximum atomic E-state index is 12.0. The summed E-state index contributed by atoms with van der Waals surface area (Å²) in [6, 6.07) is 4.31. The van der Waals surface area contributed by atoms with E-state index in [-0.39, 0.29) is 11.6 Å². The van der Waals surface area contributed by atoms with Gasteiger partial charge >= 0.3 is 0 Å². The molecular formula is C13H17BrN2O3. The molecule has 0 heterocycles. The highest BCUT2D eigenvalue weighted by molar-refractivity contribution is 9.09. The van der Waals surface area contributed by atoms with E-state index in [2.05, 4.69) is 28.2 Å². The Labute approximate surface area is 120 Å². The number of amides is 1. The van der Waals surface area contributed by atoms with Gasteiger partial charge in [0.15, 0.2) is 0 Å². The van der Waals surface area contributed by atoms with Crippen LogP contribution in [-0.2, 0) is 0 Å². The van der Waals surface area contributed by atoms with E-state index in [1.165, 1.54) is 12.1 Å². The van der Waals surface area contributed by atoms with Crippen molar-refractivity contribution in [1.29, 1.82) is 0 Å². The molecule has 5 nitrogen and oxygen atoms in total. The molecule has 1 rings (SSSR count). The first-order valence-electron chi connectivity index (χ1n) is 6.13. The van der Waals surface area contributed by atoms with Crippen LogP contribution in [0.4, 0.5) is 5.69 Å². The average Bonchev–Trinajstić information content (AvgIpc) is 2.38. The molecule has 104 valence electrons. The minimum atomic E-state index is -0.498. The van der Waals surface area contributed by atoms with E-state index in [0.29, 0.717) is 16.9 Å². The molecule has 0 spiro atoms. The number of nitro groups is 1. The number of rotatable bonds is 6. The van der Waals surface area contributed by atoms with Crippen LogP contribution in [0.25, 0.3) is 0 Å². The second-order valence-corrected chi connectivity index (χ2v) is 5.60. The number of hydrogen-bond acceptors (Lipinski definition) is 3. The van der Waals surface area contributed by atoms with Crippen LogP contribution in [-0.4, -0.2) is 22.2 Å². The molecule has 0 aliphatic rings. The van der Waals surface area contributed by atoms with Gasteiger partial charge in [0.05, 0.1) is 4.92 Å². The molecule has 0 saturated carbocycles. The number of hydrogen-bond donors (Lipinski definition) is 1. The molecule has 0 aliphatic heterocycles. The number of halogens is 1. The molecule has 6 heteroatoms. The normalized spacial score (nSPS) is 11.9. The molecule has 0 fully saturated rings. The molecule has 1 aromatic carbocycles. The molecule has 1 atom stereocenters. The number of aryl methyl sites for hydroxylation is 1. The average molecular weight is 329 g/mol. The molecule has 0 bridgehead atoms. The Hall–Kier alpha value is -1.43. The van der Waals surface area contributed by atoms with Crippen LogP contribution in [0.3, 0.4) is 0 Å². The van der Waals surface area contributed by atoms with Crippen molar-refractivity contribution < 1.29 is 9.72 Å². The second kappa shape index (κ2) is 7.23. The first-order valence-corrected chi connectivity index (χ1v) is 7.04. The number of nitrogens with zero attached hydrogens (tertiary/aromatic N) is 1. The topological polar surface area (TPSA) is 72.2 Å². The SMILES string of the molecule is CCC(Br)CCNC(=O)c1cc([N+](=O)[O-])ccc1C. The van der Waals surface area contributed by atoms with Gasteiger partial charge in [0.2, 0.25) is 0 Å². The van der Waals surface area contributed by atoms with Crippen LogP contribution in [0.15, 0.2) is 18.2 Å². The zero-order valence-corrected chi connectivity index (χ0v) is 12.6. The van der Waals surface area contributed by atoms with Crippen LogP contribution in [0.5, 0.6) is 0 Å². The van der Waals surface area contributed by atoms with E-state index in [1.54, 1.807) is 13.0 Å². The van der Waals surface area contributed by atoms with Crippen molar-refractivity contribution >= 4 is 27.5 Å². The van der Waals surface area contributed by atoms with Gasteiger partial charge in [-0.1, -0.05) is 28.9 Å². The van der Waals surface area contributed by atoms with Gasteiger partial charge in [-0.15, -0.1) is 0 Å². The van der Waals surface area contributed by atoms with Gasteiger partial charge in [-0.3, -0.25) is 14.9 Å². The summed E-state index contributed by atoms with van der Waals surface area (Å²) < 4.78 is 0. The Morgan fingerprint density at radius 1 is 1.53 bits per heavy atom. The summed E-state index contributed by atoms with van der Waals surface area (Å²) >= 11 is 3.49. The lowest BCUT2D eigenvalue weighted by Crippen LogP contribution is -2.26. The van der Waals surface area contributed by atoms with Gasteiger partial charge in [0, 0.05) is 29.1 Å². The summed E-state index contributed by atoms with van der Waals surface area (Å²) in [5.74, 6) is -0.267. The minimum absolute atomic E-state index is 0.0670. The van der Waals surface area contributed by atoms with E-state index in [1.807, 2.05) is 0 Å². The van der Waals surface area contributed by atoms with Gasteiger partial charge in [-0.2, -0.15) is 0 Å². The molecule has 0 saturated heterocycles. The van der Waals surface area contributed by atoms with Crippen molar-refractivity contribution in [3.8, 4) is 0 Å². The predicted molar refractivity (Wildman–Crippen MR) is 77.8 cm³/mol. The highest BCUT2D eigenvalue weighted by Gasteiger charge is 2.14. The Bertz CT molecular complexity index is 477. The molecule has 19 heavy (non-hydrogen) atoms. The van der Waals surface area contributed by atoms with E-state index < -0.39 is 4.92 Å². The van der Waals surface area contributed by atoms with E-state index in [9.17, 15) is 14.9 Å². The van der Waals surface area contributed by atoms with Crippen LogP contribution in [0, 0.1) is 17.0 Å². The second-order valence-electron chi connectivity index (χ2n) is 4.31. The lowest BCUT2D eigenvalue weighted by Gasteiger charge is -2.09. The fourth-order valence-corrected chi connectivity index (χ4v) is 1.84. The summed E-state index contributed by atoms with van der Waals surface area (Å²) in [5.41, 5.74) is 1.02. The van der Waals surface area contributed by atoms with Crippen LogP contribution in [0.1, 0.15) is 35.7 Å². The van der Waals surface area contributed by atoms with Gasteiger partial charge in [0.25, 0.3) is 11.6 Å². The zero-order valence-electron chi connectivity index (χ0n) is 11.0. The standard InChI is InChI=1S/C13H17BrN2O3/c1-3-10(14)6-7-15-13(17)12-8-11(16(18)19)5-4-9(12)2/h4-5,8,10H,3,6-7H2,1-2H3,(H,15,17). The van der Waals surface area contributed by atoms with Crippen molar-refractivity contribution in [2.45, 2.75) is 31.5 Å². The van der Waals surface area contributed by atoms with Crippen LogP contribution >= 0.6 is 15.9 Å². The summed E-state index contributed by atoms with van der Waals surface area (Å²) in [7, 11) is 0. The van der Waals surface area contributed by atoms with Crippen LogP contribution in [0.2, 0.25) is 0 Å². The number of alkyl halides is 1. The first-order chi connectivity index (χ1) is 8.95. The Kier molecular flexibility index (Phi) is 5.95. The van der Waals surface area contributed by atoms with Gasteiger partial charge in [-0.25, -0.2) is 0 Å². The number of carbonyl (C=O) groups excluding carboxylic acids is 1. The fraction of sp³-hybridized carbons (Fsp3) is 0.462. The zero-order chi connectivity index (χ0) is 14.4. The number of carbonyl (C=O) groups is 1. The molecule has 0 aromatic heterocycles. The van der Waals surface area contributed by atoms with Gasteiger partial charge in [-0.05, 0) is 25.3 Å². The largest absolute Gasteiger partial charge is 0.352 e. The molecule has 1 amide bonds. The molecule has 1 N–H and O–H groups in total. The quantitative estimate of drug-likeness (QED) is 0.495. The minimum Gasteiger partial charge on any atom is -0.352 e. The predicted octanol–water partition coefficient (Wildman–Crippen LogP) is 3.20. The molecular weight excluding hydrogens is 312 g/mol. The summed E-state index contributed by atoms with van der Waals surface area (Å²) in [6.07, 6.45) is 1.82. The molecule has 0 aliphatic carbocycles. The Balaban J connectivity index is 2.71. The van der Waals surface area contributed by atoms with Crippen molar-refractivity contribution in [3.05, 3.63) is 39.4 Å². The van der Waals surface area contributed by atoms with Crippen LogP contribution < -0.4 is 5.32 Å². The van der Waals surface area contributed by atoms with Crippen molar-refractivity contribution in [2.24, 2.45) is 0 Å². The monoisotopic (exact) mass is 328 g/mol. The molecule has 1 aromatic rings. The molecule has 1 unspecified atom stereocenters.